The maximum Gasteiger partial charge on any atom is 0.136 e. The van der Waals surface area contributed by atoms with Crippen molar-refractivity contribution in [2.45, 2.75) is 0 Å². The Bertz CT molecular complexity index is 2700. The van der Waals surface area contributed by atoms with Crippen LogP contribution in [0.5, 0.6) is 11.5 Å². The van der Waals surface area contributed by atoms with Crippen molar-refractivity contribution in [1.82, 2.24) is 0 Å². The molecule has 1 aliphatic heterocycles. The highest BCUT2D eigenvalue weighted by molar-refractivity contribution is 6.16. The summed E-state index contributed by atoms with van der Waals surface area (Å²) in [5.41, 5.74) is 14.3. The van der Waals surface area contributed by atoms with Gasteiger partial charge in [0, 0.05) is 10.9 Å². The number of ether oxygens (including phenoxy) is 1. The number of hydrogen-bond donors (Lipinski definition) is 0. The van der Waals surface area contributed by atoms with E-state index in [9.17, 15) is 0 Å². The fraction of sp³-hybridized carbons (Fsp3) is 0. The highest BCUT2D eigenvalue weighted by Gasteiger charge is 2.22. The largest absolute Gasteiger partial charge is 0.456 e. The first-order chi connectivity index (χ1) is 25.2. The van der Waals surface area contributed by atoms with E-state index in [1.165, 1.54) is 82.7 Å². The minimum absolute atomic E-state index is 0.894. The van der Waals surface area contributed by atoms with Crippen LogP contribution >= 0.6 is 0 Å². The van der Waals surface area contributed by atoms with Crippen molar-refractivity contribution in [2.24, 2.45) is 0 Å². The van der Waals surface area contributed by atoms with Gasteiger partial charge in [-0.15, -0.1) is 0 Å². The first-order valence-corrected chi connectivity index (χ1v) is 17.5. The van der Waals surface area contributed by atoms with E-state index in [2.05, 4.69) is 194 Å². The molecular weight excluding hydrogens is 617 g/mol. The summed E-state index contributed by atoms with van der Waals surface area (Å²) in [6, 6.07) is 70.0. The molecule has 0 radical (unpaired) electrons. The van der Waals surface area contributed by atoms with Crippen molar-refractivity contribution < 1.29 is 4.74 Å². The van der Waals surface area contributed by atoms with Crippen LogP contribution in [0.3, 0.4) is 0 Å². The Hall–Kier alpha value is -6.70. The van der Waals surface area contributed by atoms with Crippen molar-refractivity contribution in [3.63, 3.8) is 0 Å². The lowest BCUT2D eigenvalue weighted by atomic mass is 9.89. The second-order valence-corrected chi connectivity index (χ2v) is 13.3. The van der Waals surface area contributed by atoms with Gasteiger partial charge >= 0.3 is 0 Å². The SMILES string of the molecule is c1ccc(-c2cc(-c3ccccc3)cc(-c3cccc(-c4cccc(-c5ccc6c(c5)-c5cccc7c5c(cc5ccccc57)O6)c4)c3)c2)cc1. The minimum atomic E-state index is 0.894. The summed E-state index contributed by atoms with van der Waals surface area (Å²) in [4.78, 5) is 0. The van der Waals surface area contributed by atoms with Crippen molar-refractivity contribution >= 4 is 21.5 Å². The van der Waals surface area contributed by atoms with E-state index in [1.807, 2.05) is 0 Å². The summed E-state index contributed by atoms with van der Waals surface area (Å²) in [5, 5.41) is 4.85. The zero-order chi connectivity index (χ0) is 33.7. The molecule has 0 aromatic heterocycles. The molecule has 1 aliphatic rings. The minimum Gasteiger partial charge on any atom is -0.456 e. The molecule has 238 valence electrons. The standard InChI is InChI=1S/C50H32O/c1-3-12-33(13-4-1)41-28-42(34-14-5-2-6-15-34)30-43(29-41)38-20-10-18-36(27-38)35-17-9-19-37(26-35)39-24-25-48-47(31-39)46-23-11-22-45-44-21-8-7-16-40(44)32-49(51-48)50(45)46/h1-32H. The van der Waals surface area contributed by atoms with Gasteiger partial charge in [0.1, 0.15) is 11.5 Å². The first kappa shape index (κ1) is 29.2. The molecule has 0 aliphatic carbocycles. The summed E-state index contributed by atoms with van der Waals surface area (Å²) >= 11 is 0. The highest BCUT2D eigenvalue weighted by atomic mass is 16.5. The Kier molecular flexibility index (Phi) is 6.89. The summed E-state index contributed by atoms with van der Waals surface area (Å²) in [5.74, 6) is 1.82. The van der Waals surface area contributed by atoms with Crippen LogP contribution in [0.2, 0.25) is 0 Å². The van der Waals surface area contributed by atoms with Gasteiger partial charge in [-0.3, -0.25) is 0 Å². The van der Waals surface area contributed by atoms with Crippen LogP contribution in [0.15, 0.2) is 194 Å². The maximum atomic E-state index is 6.57. The molecule has 0 saturated heterocycles. The van der Waals surface area contributed by atoms with Crippen LogP contribution in [-0.4, -0.2) is 0 Å². The van der Waals surface area contributed by atoms with E-state index in [0.717, 1.165) is 17.1 Å². The quantitative estimate of drug-likeness (QED) is 0.169. The van der Waals surface area contributed by atoms with Gasteiger partial charge in [0.15, 0.2) is 0 Å². The first-order valence-electron chi connectivity index (χ1n) is 17.5. The van der Waals surface area contributed by atoms with E-state index >= 15 is 0 Å². The molecule has 0 N–H and O–H groups in total. The maximum absolute atomic E-state index is 6.57. The van der Waals surface area contributed by atoms with Gasteiger partial charge in [0.05, 0.1) is 0 Å². The number of hydrogen-bond acceptors (Lipinski definition) is 1. The Morgan fingerprint density at radius 3 is 1.37 bits per heavy atom. The molecule has 0 bridgehead atoms. The third kappa shape index (κ3) is 5.19. The molecule has 9 aromatic carbocycles. The van der Waals surface area contributed by atoms with E-state index in [1.54, 1.807) is 0 Å². The summed E-state index contributed by atoms with van der Waals surface area (Å²) in [6.45, 7) is 0. The fourth-order valence-corrected chi connectivity index (χ4v) is 7.70. The molecule has 0 fully saturated rings. The number of benzene rings is 9. The van der Waals surface area contributed by atoms with Gasteiger partial charge < -0.3 is 4.74 Å². The Labute approximate surface area is 297 Å². The predicted octanol–water partition coefficient (Wildman–Crippen LogP) is 14.1. The van der Waals surface area contributed by atoms with E-state index in [4.69, 9.17) is 4.74 Å². The van der Waals surface area contributed by atoms with Crippen LogP contribution in [0, 0.1) is 0 Å². The second-order valence-electron chi connectivity index (χ2n) is 13.3. The molecule has 1 heteroatoms. The molecule has 10 rings (SSSR count). The Balaban J connectivity index is 1.04. The molecular formula is C50H32O. The molecule has 0 atom stereocenters. The molecule has 0 amide bonds. The predicted molar refractivity (Wildman–Crippen MR) is 214 cm³/mol. The third-order valence-corrected chi connectivity index (χ3v) is 10.2. The summed E-state index contributed by atoms with van der Waals surface area (Å²) < 4.78 is 6.57. The van der Waals surface area contributed by atoms with E-state index < -0.39 is 0 Å². The van der Waals surface area contributed by atoms with Crippen LogP contribution in [0.25, 0.3) is 88.3 Å². The van der Waals surface area contributed by atoms with Crippen LogP contribution in [-0.2, 0) is 0 Å². The van der Waals surface area contributed by atoms with Crippen molar-refractivity contribution in [3.05, 3.63) is 194 Å². The fourth-order valence-electron chi connectivity index (χ4n) is 7.70. The smallest absolute Gasteiger partial charge is 0.136 e. The molecule has 0 spiro atoms. The van der Waals surface area contributed by atoms with E-state index in [-0.39, 0.29) is 0 Å². The molecule has 1 nitrogen and oxygen atoms in total. The molecule has 1 heterocycles. The van der Waals surface area contributed by atoms with Gasteiger partial charge in [-0.2, -0.15) is 0 Å². The summed E-state index contributed by atoms with van der Waals surface area (Å²) in [6.07, 6.45) is 0. The van der Waals surface area contributed by atoms with Gasteiger partial charge in [-0.25, -0.2) is 0 Å². The highest BCUT2D eigenvalue weighted by Crippen LogP contribution is 2.49. The molecule has 0 saturated carbocycles. The Morgan fingerprint density at radius 1 is 0.255 bits per heavy atom. The zero-order valence-electron chi connectivity index (χ0n) is 27.9. The zero-order valence-corrected chi connectivity index (χ0v) is 27.9. The van der Waals surface area contributed by atoms with Gasteiger partial charge in [-0.05, 0) is 126 Å². The third-order valence-electron chi connectivity index (χ3n) is 10.2. The van der Waals surface area contributed by atoms with Gasteiger partial charge in [0.2, 0.25) is 0 Å². The lowest BCUT2D eigenvalue weighted by Crippen LogP contribution is -1.98. The average molecular weight is 649 g/mol. The van der Waals surface area contributed by atoms with Gasteiger partial charge in [-0.1, -0.05) is 146 Å². The molecule has 0 unspecified atom stereocenters. The molecule has 9 aromatic rings. The number of fused-ring (bicyclic) bond motifs is 4. The van der Waals surface area contributed by atoms with Crippen LogP contribution < -0.4 is 4.74 Å². The average Bonchev–Trinajstić information content (AvgIpc) is 3.21. The number of rotatable bonds is 5. The monoisotopic (exact) mass is 648 g/mol. The lowest BCUT2D eigenvalue weighted by molar-refractivity contribution is 0.488. The second kappa shape index (κ2) is 12.0. The molecule has 51 heavy (non-hydrogen) atoms. The topological polar surface area (TPSA) is 9.23 Å². The Morgan fingerprint density at radius 2 is 0.725 bits per heavy atom. The van der Waals surface area contributed by atoms with Gasteiger partial charge in [0.25, 0.3) is 0 Å². The van der Waals surface area contributed by atoms with Crippen molar-refractivity contribution in [1.29, 1.82) is 0 Å². The van der Waals surface area contributed by atoms with E-state index in [0.29, 0.717) is 0 Å². The van der Waals surface area contributed by atoms with Crippen molar-refractivity contribution in [3.8, 4) is 78.3 Å². The van der Waals surface area contributed by atoms with Crippen molar-refractivity contribution in [2.75, 3.05) is 0 Å². The normalized spacial score (nSPS) is 11.7. The summed E-state index contributed by atoms with van der Waals surface area (Å²) in [7, 11) is 0. The van der Waals surface area contributed by atoms with Crippen LogP contribution in [0.4, 0.5) is 0 Å². The van der Waals surface area contributed by atoms with Crippen LogP contribution in [0.1, 0.15) is 0 Å². The lowest BCUT2D eigenvalue weighted by Gasteiger charge is -2.23.